The van der Waals surface area contributed by atoms with E-state index in [1.165, 1.54) is 0 Å². The molecule has 0 saturated heterocycles. The molecule has 2 rings (SSSR count). The van der Waals surface area contributed by atoms with E-state index in [0.717, 1.165) is 25.2 Å². The van der Waals surface area contributed by atoms with Gasteiger partial charge in [-0.1, -0.05) is 0 Å². The fourth-order valence-electron chi connectivity index (χ4n) is 1.43. The second-order valence-corrected chi connectivity index (χ2v) is 3.53. The second kappa shape index (κ2) is 5.38. The highest BCUT2D eigenvalue weighted by Crippen LogP contribution is 2.10. The molecule has 0 aliphatic rings. The summed E-state index contributed by atoms with van der Waals surface area (Å²) in [6.45, 7) is 1.29. The highest BCUT2D eigenvalue weighted by Gasteiger charge is 2.03. The Kier molecular flexibility index (Phi) is 3.64. The summed E-state index contributed by atoms with van der Waals surface area (Å²) >= 11 is 0. The lowest BCUT2D eigenvalue weighted by Gasteiger charge is -2.06. The molecule has 6 heteroatoms. The van der Waals surface area contributed by atoms with Gasteiger partial charge in [-0.15, -0.1) is 0 Å². The summed E-state index contributed by atoms with van der Waals surface area (Å²) < 4.78 is 27.5. The molecule has 2 aromatic rings. The van der Waals surface area contributed by atoms with Crippen molar-refractivity contribution in [1.82, 2.24) is 14.8 Å². The maximum atomic E-state index is 13.2. The van der Waals surface area contributed by atoms with Gasteiger partial charge in [0, 0.05) is 31.5 Å². The molecule has 0 saturated carbocycles. The van der Waals surface area contributed by atoms with Crippen LogP contribution in [0.2, 0.25) is 0 Å². The molecule has 0 spiro atoms. The van der Waals surface area contributed by atoms with Crippen molar-refractivity contribution in [2.24, 2.45) is 0 Å². The van der Waals surface area contributed by atoms with Crippen LogP contribution in [0, 0.1) is 11.6 Å². The Labute approximate surface area is 97.3 Å². The highest BCUT2D eigenvalue weighted by atomic mass is 19.1. The lowest BCUT2D eigenvalue weighted by molar-refractivity contribution is 0.570. The second-order valence-electron chi connectivity index (χ2n) is 3.53. The summed E-state index contributed by atoms with van der Waals surface area (Å²) in [4.78, 5) is 3.63. The number of aryl methyl sites for hydroxylation is 1. The standard InChI is InChI=1S/C11H12F2N4/c12-9-7-10(13)11(15-8-9)14-3-1-5-17-6-2-4-16-17/h2,4,6-8H,1,3,5H2,(H,14,15). The van der Waals surface area contributed by atoms with Crippen LogP contribution in [-0.4, -0.2) is 21.3 Å². The molecule has 0 unspecified atom stereocenters. The van der Waals surface area contributed by atoms with Gasteiger partial charge < -0.3 is 5.32 Å². The SMILES string of the molecule is Fc1cnc(NCCCn2cccn2)c(F)c1. The quantitative estimate of drug-likeness (QED) is 0.811. The van der Waals surface area contributed by atoms with Crippen molar-refractivity contribution in [3.63, 3.8) is 0 Å². The van der Waals surface area contributed by atoms with Gasteiger partial charge in [0.2, 0.25) is 0 Å². The van der Waals surface area contributed by atoms with E-state index >= 15 is 0 Å². The van der Waals surface area contributed by atoms with Crippen LogP contribution in [0.15, 0.2) is 30.7 Å². The van der Waals surface area contributed by atoms with Gasteiger partial charge in [0.05, 0.1) is 6.20 Å². The maximum absolute atomic E-state index is 13.2. The zero-order valence-electron chi connectivity index (χ0n) is 9.11. The number of pyridine rings is 1. The third kappa shape index (κ3) is 3.24. The molecule has 0 radical (unpaired) electrons. The number of nitrogens with one attached hydrogen (secondary N) is 1. The van der Waals surface area contributed by atoms with Crippen molar-refractivity contribution in [1.29, 1.82) is 0 Å². The van der Waals surface area contributed by atoms with Gasteiger partial charge in [-0.25, -0.2) is 13.8 Å². The summed E-state index contributed by atoms with van der Waals surface area (Å²) in [7, 11) is 0. The molecular formula is C11H12F2N4. The Balaban J connectivity index is 1.78. The van der Waals surface area contributed by atoms with E-state index < -0.39 is 11.6 Å². The van der Waals surface area contributed by atoms with Crippen LogP contribution in [0.4, 0.5) is 14.6 Å². The molecule has 1 N–H and O–H groups in total. The number of nitrogens with zero attached hydrogens (tertiary/aromatic N) is 3. The van der Waals surface area contributed by atoms with E-state index in [1.54, 1.807) is 10.9 Å². The Hall–Kier alpha value is -1.98. The summed E-state index contributed by atoms with van der Waals surface area (Å²) in [6, 6.07) is 2.65. The number of hydrogen-bond donors (Lipinski definition) is 1. The molecule has 17 heavy (non-hydrogen) atoms. The fourth-order valence-corrected chi connectivity index (χ4v) is 1.43. The van der Waals surface area contributed by atoms with Gasteiger partial charge in [0.15, 0.2) is 11.6 Å². The number of halogens is 2. The van der Waals surface area contributed by atoms with Gasteiger partial charge in [-0.2, -0.15) is 5.10 Å². The van der Waals surface area contributed by atoms with Crippen molar-refractivity contribution in [2.75, 3.05) is 11.9 Å². The molecule has 0 bridgehead atoms. The van der Waals surface area contributed by atoms with Crippen molar-refractivity contribution < 1.29 is 8.78 Å². The number of anilines is 1. The zero-order chi connectivity index (χ0) is 12.1. The van der Waals surface area contributed by atoms with E-state index in [-0.39, 0.29) is 5.82 Å². The van der Waals surface area contributed by atoms with Crippen LogP contribution in [0.3, 0.4) is 0 Å². The summed E-state index contributed by atoms with van der Waals surface area (Å²) in [5, 5.41) is 6.85. The minimum absolute atomic E-state index is 0.0758. The first-order chi connectivity index (χ1) is 8.25. The molecule has 4 nitrogen and oxygen atoms in total. The lowest BCUT2D eigenvalue weighted by atomic mass is 10.4. The van der Waals surface area contributed by atoms with Crippen molar-refractivity contribution >= 4 is 5.82 Å². The van der Waals surface area contributed by atoms with Gasteiger partial charge in [0.1, 0.15) is 5.82 Å². The average molecular weight is 238 g/mol. The van der Waals surface area contributed by atoms with E-state index in [1.807, 2.05) is 12.3 Å². The Morgan fingerprint density at radius 2 is 2.24 bits per heavy atom. The normalized spacial score (nSPS) is 10.5. The lowest BCUT2D eigenvalue weighted by Crippen LogP contribution is -2.09. The van der Waals surface area contributed by atoms with Crippen LogP contribution < -0.4 is 5.32 Å². The predicted octanol–water partition coefficient (Wildman–Crippen LogP) is 2.06. The van der Waals surface area contributed by atoms with Crippen LogP contribution in [0.5, 0.6) is 0 Å². The molecule has 90 valence electrons. The monoisotopic (exact) mass is 238 g/mol. The molecule has 0 amide bonds. The molecular weight excluding hydrogens is 226 g/mol. The van der Waals surface area contributed by atoms with Gasteiger partial charge in [0.25, 0.3) is 0 Å². The first kappa shape index (κ1) is 11.5. The number of aromatic nitrogens is 3. The molecule has 2 heterocycles. The summed E-state index contributed by atoms with van der Waals surface area (Å²) in [5.41, 5.74) is 0. The van der Waals surface area contributed by atoms with Crippen LogP contribution >= 0.6 is 0 Å². The van der Waals surface area contributed by atoms with Gasteiger partial charge in [-0.3, -0.25) is 4.68 Å². The van der Waals surface area contributed by atoms with E-state index in [9.17, 15) is 8.78 Å². The Morgan fingerprint density at radius 3 is 2.94 bits per heavy atom. The summed E-state index contributed by atoms with van der Waals surface area (Å²) in [6.07, 6.45) is 5.32. The van der Waals surface area contributed by atoms with Crippen LogP contribution in [-0.2, 0) is 6.54 Å². The fraction of sp³-hybridized carbons (Fsp3) is 0.273. The zero-order valence-corrected chi connectivity index (χ0v) is 9.11. The highest BCUT2D eigenvalue weighted by molar-refractivity contribution is 5.35. The Bertz CT molecular complexity index is 470. The first-order valence-corrected chi connectivity index (χ1v) is 5.28. The molecule has 0 fully saturated rings. The van der Waals surface area contributed by atoms with Crippen LogP contribution in [0.1, 0.15) is 6.42 Å². The van der Waals surface area contributed by atoms with E-state index in [0.29, 0.717) is 6.54 Å². The van der Waals surface area contributed by atoms with Crippen molar-refractivity contribution in [3.05, 3.63) is 42.4 Å². The van der Waals surface area contributed by atoms with E-state index in [4.69, 9.17) is 0 Å². The third-order valence-corrected chi connectivity index (χ3v) is 2.22. The van der Waals surface area contributed by atoms with Crippen molar-refractivity contribution in [2.45, 2.75) is 13.0 Å². The van der Waals surface area contributed by atoms with E-state index in [2.05, 4.69) is 15.4 Å². The minimum atomic E-state index is -0.677. The first-order valence-electron chi connectivity index (χ1n) is 5.28. The smallest absolute Gasteiger partial charge is 0.168 e. The molecule has 0 atom stereocenters. The maximum Gasteiger partial charge on any atom is 0.168 e. The molecule has 0 aromatic carbocycles. The topological polar surface area (TPSA) is 42.7 Å². The predicted molar refractivity (Wildman–Crippen MR) is 59.5 cm³/mol. The minimum Gasteiger partial charge on any atom is -0.368 e. The van der Waals surface area contributed by atoms with Crippen LogP contribution in [0.25, 0.3) is 0 Å². The van der Waals surface area contributed by atoms with Gasteiger partial charge in [-0.05, 0) is 12.5 Å². The third-order valence-electron chi connectivity index (χ3n) is 2.22. The number of rotatable bonds is 5. The molecule has 0 aliphatic heterocycles. The molecule has 0 aliphatic carbocycles. The summed E-state index contributed by atoms with van der Waals surface area (Å²) in [5.74, 6) is -1.28. The van der Waals surface area contributed by atoms with Crippen molar-refractivity contribution in [3.8, 4) is 0 Å². The van der Waals surface area contributed by atoms with Gasteiger partial charge >= 0.3 is 0 Å². The largest absolute Gasteiger partial charge is 0.368 e. The Morgan fingerprint density at radius 1 is 1.35 bits per heavy atom. The molecule has 2 aromatic heterocycles. The average Bonchev–Trinajstić information content (AvgIpc) is 2.79. The number of hydrogen-bond acceptors (Lipinski definition) is 3.